The van der Waals surface area contributed by atoms with Crippen LogP contribution in [0.4, 0.5) is 0 Å². The van der Waals surface area contributed by atoms with Crippen LogP contribution in [0, 0.1) is 6.92 Å². The molecule has 3 rings (SSSR count). The highest BCUT2D eigenvalue weighted by Gasteiger charge is 2.14. The molecule has 3 aromatic rings. The summed E-state index contributed by atoms with van der Waals surface area (Å²) in [4.78, 5) is 18.5. The minimum Gasteiger partial charge on any atom is -0.336 e. The maximum absolute atomic E-state index is 12.5. The van der Waals surface area contributed by atoms with Crippen LogP contribution in [-0.4, -0.2) is 22.8 Å². The van der Waals surface area contributed by atoms with Gasteiger partial charge in [0.1, 0.15) is 5.69 Å². The number of aromatic nitrogens is 1. The van der Waals surface area contributed by atoms with Gasteiger partial charge in [0.2, 0.25) is 0 Å². The number of aryl methyl sites for hydroxylation is 1. The molecular formula is C19H18N2O. The molecule has 3 heteroatoms. The molecular weight excluding hydrogens is 272 g/mol. The number of fused-ring (bicyclic) bond motifs is 1. The van der Waals surface area contributed by atoms with Crippen molar-refractivity contribution in [2.75, 3.05) is 7.05 Å². The van der Waals surface area contributed by atoms with Crippen LogP contribution in [0.1, 0.15) is 21.7 Å². The first kappa shape index (κ1) is 14.3. The summed E-state index contributed by atoms with van der Waals surface area (Å²) in [5, 5.41) is 2.37. The third-order valence-corrected chi connectivity index (χ3v) is 3.74. The van der Waals surface area contributed by atoms with E-state index >= 15 is 0 Å². The van der Waals surface area contributed by atoms with E-state index in [0.717, 1.165) is 11.3 Å². The molecule has 22 heavy (non-hydrogen) atoms. The lowest BCUT2D eigenvalue weighted by molar-refractivity contribution is 0.0779. The maximum atomic E-state index is 12.5. The first-order chi connectivity index (χ1) is 10.6. The number of carbonyl (C=O) groups excluding carboxylic acids is 1. The standard InChI is InChI=1S/C19H18N2O/c1-14-7-5-12-18(20-14)19(22)21(2)13-16-10-6-9-15-8-3-4-11-17(15)16/h3-12H,13H2,1-2H3. The van der Waals surface area contributed by atoms with Crippen LogP contribution in [-0.2, 0) is 6.54 Å². The van der Waals surface area contributed by atoms with Crippen LogP contribution >= 0.6 is 0 Å². The predicted octanol–water partition coefficient (Wildman–Crippen LogP) is 3.82. The van der Waals surface area contributed by atoms with Gasteiger partial charge < -0.3 is 4.90 Å². The van der Waals surface area contributed by atoms with Crippen molar-refractivity contribution in [1.82, 2.24) is 9.88 Å². The second kappa shape index (κ2) is 5.98. The summed E-state index contributed by atoms with van der Waals surface area (Å²) in [6.45, 7) is 2.46. The Morgan fingerprint density at radius 3 is 2.55 bits per heavy atom. The van der Waals surface area contributed by atoms with Gasteiger partial charge in [-0.2, -0.15) is 0 Å². The second-order valence-electron chi connectivity index (χ2n) is 5.46. The van der Waals surface area contributed by atoms with Crippen molar-refractivity contribution >= 4 is 16.7 Å². The smallest absolute Gasteiger partial charge is 0.272 e. The molecule has 1 aromatic heterocycles. The molecule has 0 atom stereocenters. The van der Waals surface area contributed by atoms with Crippen LogP contribution < -0.4 is 0 Å². The molecule has 1 amide bonds. The van der Waals surface area contributed by atoms with Gasteiger partial charge in [-0.3, -0.25) is 4.79 Å². The van der Waals surface area contributed by atoms with E-state index in [-0.39, 0.29) is 5.91 Å². The van der Waals surface area contributed by atoms with Crippen molar-refractivity contribution in [3.05, 3.63) is 77.6 Å². The van der Waals surface area contributed by atoms with E-state index in [0.29, 0.717) is 12.2 Å². The van der Waals surface area contributed by atoms with E-state index in [9.17, 15) is 4.79 Å². The normalized spacial score (nSPS) is 10.6. The zero-order chi connectivity index (χ0) is 15.5. The first-order valence-electron chi connectivity index (χ1n) is 7.31. The fourth-order valence-corrected chi connectivity index (χ4v) is 2.62. The largest absolute Gasteiger partial charge is 0.336 e. The van der Waals surface area contributed by atoms with E-state index < -0.39 is 0 Å². The lowest BCUT2D eigenvalue weighted by Gasteiger charge is -2.18. The Bertz CT molecular complexity index is 821. The zero-order valence-electron chi connectivity index (χ0n) is 12.8. The number of benzene rings is 2. The van der Waals surface area contributed by atoms with Gasteiger partial charge in [0.15, 0.2) is 0 Å². The molecule has 0 fully saturated rings. The Morgan fingerprint density at radius 1 is 1.00 bits per heavy atom. The Morgan fingerprint density at radius 2 is 1.73 bits per heavy atom. The molecule has 0 unspecified atom stereocenters. The fraction of sp³-hybridized carbons (Fsp3) is 0.158. The molecule has 0 N–H and O–H groups in total. The lowest BCUT2D eigenvalue weighted by atomic mass is 10.0. The van der Waals surface area contributed by atoms with Gasteiger partial charge in [0.25, 0.3) is 5.91 Å². The van der Waals surface area contributed by atoms with E-state index in [4.69, 9.17) is 0 Å². The zero-order valence-corrected chi connectivity index (χ0v) is 12.8. The van der Waals surface area contributed by atoms with Crippen molar-refractivity contribution in [2.45, 2.75) is 13.5 Å². The second-order valence-corrected chi connectivity index (χ2v) is 5.46. The third-order valence-electron chi connectivity index (χ3n) is 3.74. The van der Waals surface area contributed by atoms with E-state index in [1.807, 2.05) is 44.3 Å². The lowest BCUT2D eigenvalue weighted by Crippen LogP contribution is -2.27. The molecule has 0 aliphatic rings. The van der Waals surface area contributed by atoms with Crippen LogP contribution in [0.3, 0.4) is 0 Å². The molecule has 0 bridgehead atoms. The number of nitrogens with zero attached hydrogens (tertiary/aromatic N) is 2. The van der Waals surface area contributed by atoms with Crippen molar-refractivity contribution in [1.29, 1.82) is 0 Å². The molecule has 0 saturated heterocycles. The minimum atomic E-state index is -0.0587. The highest BCUT2D eigenvalue weighted by molar-refractivity contribution is 5.92. The van der Waals surface area contributed by atoms with Crippen molar-refractivity contribution in [3.8, 4) is 0 Å². The average Bonchev–Trinajstić information content (AvgIpc) is 2.54. The SMILES string of the molecule is Cc1cccc(C(=O)N(C)Cc2cccc3ccccc23)n1. The molecule has 110 valence electrons. The summed E-state index contributed by atoms with van der Waals surface area (Å²) in [5.74, 6) is -0.0587. The quantitative estimate of drug-likeness (QED) is 0.735. The highest BCUT2D eigenvalue weighted by atomic mass is 16.2. The number of carbonyl (C=O) groups is 1. The Balaban J connectivity index is 1.87. The van der Waals surface area contributed by atoms with Gasteiger partial charge in [-0.05, 0) is 35.4 Å². The number of hydrogen-bond donors (Lipinski definition) is 0. The predicted molar refractivity (Wildman–Crippen MR) is 88.7 cm³/mol. The molecule has 2 aromatic carbocycles. The number of rotatable bonds is 3. The summed E-state index contributed by atoms with van der Waals surface area (Å²) in [7, 11) is 1.81. The van der Waals surface area contributed by atoms with Gasteiger partial charge in [-0.25, -0.2) is 4.98 Å². The van der Waals surface area contributed by atoms with Gasteiger partial charge in [-0.1, -0.05) is 48.5 Å². The summed E-state index contributed by atoms with van der Waals surface area (Å²) in [6, 6.07) is 19.9. The molecule has 0 aliphatic heterocycles. The molecule has 0 aliphatic carbocycles. The number of amides is 1. The molecule has 0 saturated carbocycles. The Kier molecular flexibility index (Phi) is 3.88. The maximum Gasteiger partial charge on any atom is 0.272 e. The van der Waals surface area contributed by atoms with Crippen LogP contribution in [0.25, 0.3) is 10.8 Å². The van der Waals surface area contributed by atoms with E-state index in [2.05, 4.69) is 29.2 Å². The van der Waals surface area contributed by atoms with Gasteiger partial charge in [0.05, 0.1) is 0 Å². The summed E-state index contributed by atoms with van der Waals surface area (Å²) >= 11 is 0. The highest BCUT2D eigenvalue weighted by Crippen LogP contribution is 2.20. The minimum absolute atomic E-state index is 0.0587. The number of hydrogen-bond acceptors (Lipinski definition) is 2. The van der Waals surface area contributed by atoms with Crippen LogP contribution in [0.2, 0.25) is 0 Å². The fourth-order valence-electron chi connectivity index (χ4n) is 2.62. The molecule has 0 radical (unpaired) electrons. The van der Waals surface area contributed by atoms with Crippen molar-refractivity contribution in [3.63, 3.8) is 0 Å². The van der Waals surface area contributed by atoms with Gasteiger partial charge in [-0.15, -0.1) is 0 Å². The summed E-state index contributed by atoms with van der Waals surface area (Å²) < 4.78 is 0. The third kappa shape index (κ3) is 2.84. The average molecular weight is 290 g/mol. The summed E-state index contributed by atoms with van der Waals surface area (Å²) in [6.07, 6.45) is 0. The van der Waals surface area contributed by atoms with Crippen molar-refractivity contribution in [2.24, 2.45) is 0 Å². The molecule has 0 spiro atoms. The van der Waals surface area contributed by atoms with E-state index in [1.54, 1.807) is 11.0 Å². The monoisotopic (exact) mass is 290 g/mol. The first-order valence-corrected chi connectivity index (χ1v) is 7.31. The van der Waals surface area contributed by atoms with Gasteiger partial charge in [0, 0.05) is 19.3 Å². The Labute approximate surface area is 130 Å². The molecule has 1 heterocycles. The number of pyridine rings is 1. The summed E-state index contributed by atoms with van der Waals surface area (Å²) in [5.41, 5.74) is 2.48. The van der Waals surface area contributed by atoms with E-state index in [1.165, 1.54) is 10.8 Å². The molecule has 3 nitrogen and oxygen atoms in total. The Hall–Kier alpha value is -2.68. The van der Waals surface area contributed by atoms with Crippen LogP contribution in [0.15, 0.2) is 60.7 Å². The van der Waals surface area contributed by atoms with Crippen molar-refractivity contribution < 1.29 is 4.79 Å². The van der Waals surface area contributed by atoms with Gasteiger partial charge >= 0.3 is 0 Å². The topological polar surface area (TPSA) is 33.2 Å². The van der Waals surface area contributed by atoms with Crippen LogP contribution in [0.5, 0.6) is 0 Å².